The second-order valence-electron chi connectivity index (χ2n) is 3.73. The quantitative estimate of drug-likeness (QED) is 0.896. The van der Waals surface area contributed by atoms with E-state index in [0.29, 0.717) is 13.0 Å². The van der Waals surface area contributed by atoms with E-state index < -0.39 is 0 Å². The van der Waals surface area contributed by atoms with Crippen LogP contribution in [0.5, 0.6) is 0 Å². The molecule has 0 aliphatic heterocycles. The summed E-state index contributed by atoms with van der Waals surface area (Å²) in [5, 5.41) is 0. The Morgan fingerprint density at radius 3 is 2.88 bits per heavy atom. The monoisotopic (exact) mass is 284 g/mol. The van der Waals surface area contributed by atoms with Crippen LogP contribution in [0, 0.1) is 0 Å². The lowest BCUT2D eigenvalue weighted by Gasteiger charge is -2.16. The van der Waals surface area contributed by atoms with E-state index in [4.69, 9.17) is 5.73 Å². The Balaban J connectivity index is 2.42. The molecule has 0 bridgehead atoms. The van der Waals surface area contributed by atoms with Crippen molar-refractivity contribution in [2.45, 2.75) is 12.8 Å². The van der Waals surface area contributed by atoms with E-state index in [2.05, 4.69) is 28.1 Å². The SMILES string of the molecule is CN(CCc1cccc(Br)c1)C(=O)CCN. The van der Waals surface area contributed by atoms with Crippen molar-refractivity contribution < 1.29 is 4.79 Å². The molecule has 0 aliphatic rings. The third-order valence-corrected chi connectivity index (χ3v) is 2.90. The van der Waals surface area contributed by atoms with Crippen molar-refractivity contribution in [1.82, 2.24) is 4.90 Å². The minimum atomic E-state index is 0.109. The summed E-state index contributed by atoms with van der Waals surface area (Å²) < 4.78 is 1.07. The lowest BCUT2D eigenvalue weighted by molar-refractivity contribution is -0.129. The molecule has 0 atom stereocenters. The first-order chi connectivity index (χ1) is 7.63. The summed E-state index contributed by atoms with van der Waals surface area (Å²) >= 11 is 3.43. The molecule has 0 aromatic heterocycles. The molecular formula is C12H17BrN2O. The van der Waals surface area contributed by atoms with Crippen LogP contribution in [0.1, 0.15) is 12.0 Å². The van der Waals surface area contributed by atoms with Crippen molar-refractivity contribution in [3.63, 3.8) is 0 Å². The smallest absolute Gasteiger partial charge is 0.223 e. The molecule has 0 unspecified atom stereocenters. The summed E-state index contributed by atoms with van der Waals surface area (Å²) in [6, 6.07) is 8.13. The lowest BCUT2D eigenvalue weighted by Crippen LogP contribution is -2.30. The van der Waals surface area contributed by atoms with Crippen molar-refractivity contribution in [2.75, 3.05) is 20.1 Å². The van der Waals surface area contributed by atoms with Gasteiger partial charge < -0.3 is 10.6 Å². The van der Waals surface area contributed by atoms with E-state index >= 15 is 0 Å². The van der Waals surface area contributed by atoms with Crippen LogP contribution in [-0.4, -0.2) is 30.9 Å². The zero-order valence-corrected chi connectivity index (χ0v) is 11.0. The van der Waals surface area contributed by atoms with Gasteiger partial charge in [0.2, 0.25) is 5.91 Å². The molecule has 1 aromatic rings. The molecular weight excluding hydrogens is 268 g/mol. The fraction of sp³-hybridized carbons (Fsp3) is 0.417. The Bertz CT molecular complexity index is 355. The van der Waals surface area contributed by atoms with Crippen LogP contribution in [0.25, 0.3) is 0 Å². The number of rotatable bonds is 5. The zero-order valence-electron chi connectivity index (χ0n) is 9.45. The molecule has 0 heterocycles. The van der Waals surface area contributed by atoms with Crippen LogP contribution >= 0.6 is 15.9 Å². The lowest BCUT2D eigenvalue weighted by atomic mass is 10.1. The minimum absolute atomic E-state index is 0.109. The summed E-state index contributed by atoms with van der Waals surface area (Å²) in [6.07, 6.45) is 1.29. The number of hydrogen-bond donors (Lipinski definition) is 1. The van der Waals surface area contributed by atoms with Crippen LogP contribution in [0.4, 0.5) is 0 Å². The Morgan fingerprint density at radius 1 is 1.50 bits per heavy atom. The molecule has 16 heavy (non-hydrogen) atoms. The van der Waals surface area contributed by atoms with E-state index in [-0.39, 0.29) is 5.91 Å². The average Bonchev–Trinajstić information content (AvgIpc) is 2.26. The maximum atomic E-state index is 11.5. The van der Waals surface area contributed by atoms with Crippen LogP contribution in [0.15, 0.2) is 28.7 Å². The first kappa shape index (κ1) is 13.2. The van der Waals surface area contributed by atoms with Crippen LogP contribution < -0.4 is 5.73 Å². The van der Waals surface area contributed by atoms with Gasteiger partial charge in [0, 0.05) is 31.0 Å². The number of benzene rings is 1. The number of carbonyl (C=O) groups excluding carboxylic acids is 1. The van der Waals surface area contributed by atoms with E-state index in [0.717, 1.165) is 17.4 Å². The second-order valence-corrected chi connectivity index (χ2v) is 4.65. The average molecular weight is 285 g/mol. The zero-order chi connectivity index (χ0) is 12.0. The highest BCUT2D eigenvalue weighted by molar-refractivity contribution is 9.10. The molecule has 1 rings (SSSR count). The maximum absolute atomic E-state index is 11.5. The fourth-order valence-electron chi connectivity index (χ4n) is 1.43. The summed E-state index contributed by atoms with van der Waals surface area (Å²) in [4.78, 5) is 13.2. The number of amides is 1. The third-order valence-electron chi connectivity index (χ3n) is 2.41. The van der Waals surface area contributed by atoms with Gasteiger partial charge >= 0.3 is 0 Å². The summed E-state index contributed by atoms with van der Waals surface area (Å²) in [5.41, 5.74) is 6.56. The van der Waals surface area contributed by atoms with Gasteiger partial charge in [-0.05, 0) is 24.1 Å². The van der Waals surface area contributed by atoms with Gasteiger partial charge in [0.1, 0.15) is 0 Å². The Morgan fingerprint density at radius 2 is 2.25 bits per heavy atom. The Labute approximate surface area is 105 Å². The van der Waals surface area contributed by atoms with Crippen molar-refractivity contribution in [3.8, 4) is 0 Å². The van der Waals surface area contributed by atoms with Gasteiger partial charge in [0.05, 0.1) is 0 Å². The number of halogens is 1. The van der Waals surface area contributed by atoms with E-state index in [9.17, 15) is 4.79 Å². The number of nitrogens with two attached hydrogens (primary N) is 1. The minimum Gasteiger partial charge on any atom is -0.345 e. The van der Waals surface area contributed by atoms with Gasteiger partial charge in [-0.2, -0.15) is 0 Å². The van der Waals surface area contributed by atoms with Crippen molar-refractivity contribution in [1.29, 1.82) is 0 Å². The predicted molar refractivity (Wildman–Crippen MR) is 69.2 cm³/mol. The molecule has 0 spiro atoms. The van der Waals surface area contributed by atoms with Gasteiger partial charge in [-0.1, -0.05) is 28.1 Å². The van der Waals surface area contributed by atoms with Crippen molar-refractivity contribution in [3.05, 3.63) is 34.3 Å². The highest BCUT2D eigenvalue weighted by Gasteiger charge is 2.06. The van der Waals surface area contributed by atoms with Crippen LogP contribution in [0.3, 0.4) is 0 Å². The molecule has 0 aliphatic carbocycles. The highest BCUT2D eigenvalue weighted by atomic mass is 79.9. The van der Waals surface area contributed by atoms with Gasteiger partial charge in [-0.3, -0.25) is 4.79 Å². The first-order valence-corrected chi connectivity index (χ1v) is 6.11. The van der Waals surface area contributed by atoms with E-state index in [1.807, 2.05) is 19.2 Å². The molecule has 4 heteroatoms. The molecule has 88 valence electrons. The third kappa shape index (κ3) is 4.33. The molecule has 0 saturated heterocycles. The first-order valence-electron chi connectivity index (χ1n) is 5.32. The molecule has 1 aromatic carbocycles. The summed E-state index contributed by atoms with van der Waals surface area (Å²) in [6.45, 7) is 1.15. The Kier molecular flexibility index (Phi) is 5.49. The maximum Gasteiger partial charge on any atom is 0.223 e. The Hall–Kier alpha value is -0.870. The van der Waals surface area contributed by atoms with Crippen molar-refractivity contribution in [2.24, 2.45) is 5.73 Å². The molecule has 3 nitrogen and oxygen atoms in total. The van der Waals surface area contributed by atoms with Crippen LogP contribution in [-0.2, 0) is 11.2 Å². The highest BCUT2D eigenvalue weighted by Crippen LogP contribution is 2.12. The number of carbonyl (C=O) groups is 1. The topological polar surface area (TPSA) is 46.3 Å². The van der Waals surface area contributed by atoms with Crippen molar-refractivity contribution >= 4 is 21.8 Å². The van der Waals surface area contributed by atoms with Gasteiger partial charge in [-0.15, -0.1) is 0 Å². The summed E-state index contributed by atoms with van der Waals surface area (Å²) in [7, 11) is 1.82. The molecule has 0 radical (unpaired) electrons. The van der Waals surface area contributed by atoms with Crippen LogP contribution in [0.2, 0.25) is 0 Å². The van der Waals surface area contributed by atoms with E-state index in [1.165, 1.54) is 5.56 Å². The molecule has 0 saturated carbocycles. The molecule has 0 fully saturated rings. The van der Waals surface area contributed by atoms with Gasteiger partial charge in [0.25, 0.3) is 0 Å². The largest absolute Gasteiger partial charge is 0.345 e. The number of likely N-dealkylation sites (N-methyl/N-ethyl adjacent to an activating group) is 1. The number of nitrogens with zero attached hydrogens (tertiary/aromatic N) is 1. The number of hydrogen-bond acceptors (Lipinski definition) is 2. The normalized spacial score (nSPS) is 10.2. The van der Waals surface area contributed by atoms with Gasteiger partial charge in [0.15, 0.2) is 0 Å². The predicted octanol–water partition coefficient (Wildman–Crippen LogP) is 1.80. The van der Waals surface area contributed by atoms with E-state index in [1.54, 1.807) is 4.90 Å². The second kappa shape index (κ2) is 6.66. The fourth-order valence-corrected chi connectivity index (χ4v) is 1.87. The standard InChI is InChI=1S/C12H17BrN2O/c1-15(12(16)5-7-14)8-6-10-3-2-4-11(13)9-10/h2-4,9H,5-8,14H2,1H3. The summed E-state index contributed by atoms with van der Waals surface area (Å²) in [5.74, 6) is 0.109. The molecule has 1 amide bonds. The molecule has 2 N–H and O–H groups in total. The van der Waals surface area contributed by atoms with Gasteiger partial charge in [-0.25, -0.2) is 0 Å².